The molecule has 1 aromatic carbocycles. The normalized spacial score (nSPS) is 8.10. The maximum atomic E-state index is 4.98. The van der Waals surface area contributed by atoms with Crippen LogP contribution < -0.4 is 23.6 Å². The Balaban J connectivity index is 0.000000810. The van der Waals surface area contributed by atoms with Crippen molar-refractivity contribution in [1.29, 1.82) is 0 Å². The summed E-state index contributed by atoms with van der Waals surface area (Å²) in [6, 6.07) is 7.67. The molecule has 0 aliphatic rings. The van der Waals surface area contributed by atoms with E-state index in [1.165, 1.54) is 0 Å². The molecule has 10 heavy (non-hydrogen) atoms. The van der Waals surface area contributed by atoms with E-state index in [1.54, 1.807) is 7.11 Å². The van der Waals surface area contributed by atoms with Crippen molar-refractivity contribution in [3.05, 3.63) is 36.8 Å². The van der Waals surface area contributed by atoms with E-state index < -0.39 is 0 Å². The molecule has 0 heterocycles. The van der Waals surface area contributed by atoms with Crippen LogP contribution in [-0.2, 0) is 0 Å². The molecule has 1 aromatic rings. The van der Waals surface area contributed by atoms with Gasteiger partial charge in [-0.15, -0.1) is 6.07 Å². The first-order valence-electron chi connectivity index (χ1n) is 2.79. The van der Waals surface area contributed by atoms with E-state index in [0.29, 0.717) is 0 Å². The van der Waals surface area contributed by atoms with Crippen LogP contribution in [0.25, 0.3) is 0 Å². The minimum atomic E-state index is 0. The van der Waals surface area contributed by atoms with Crippen LogP contribution >= 0.6 is 0 Å². The van der Waals surface area contributed by atoms with Crippen molar-refractivity contribution < 1.29 is 23.6 Å². The van der Waals surface area contributed by atoms with Gasteiger partial charge in [-0.3, -0.25) is 0 Å². The van der Waals surface area contributed by atoms with Gasteiger partial charge in [0.1, 0.15) is 0 Å². The summed E-state index contributed by atoms with van der Waals surface area (Å²) in [5.41, 5.74) is 0.931. The van der Waals surface area contributed by atoms with Gasteiger partial charge in [0.2, 0.25) is 0 Å². The van der Waals surface area contributed by atoms with Gasteiger partial charge >= 0.3 is 18.9 Å². The number of ether oxygens (including phenoxy) is 1. The number of methoxy groups -OCH3 is 1. The summed E-state index contributed by atoms with van der Waals surface area (Å²) in [7, 11) is 1.64. The quantitative estimate of drug-likeness (QED) is 0.344. The number of hydrogen-bond acceptors (Lipinski definition) is 1. The summed E-state index contributed by atoms with van der Waals surface area (Å²) in [5.74, 6) is 0.845. The van der Waals surface area contributed by atoms with Crippen molar-refractivity contribution >= 4 is 0 Å². The van der Waals surface area contributed by atoms with Gasteiger partial charge in [0.25, 0.3) is 0 Å². The fourth-order valence-electron chi connectivity index (χ4n) is 0.703. The Labute approximate surface area is 73.6 Å². The third-order valence-electron chi connectivity index (χ3n) is 1.19. The topological polar surface area (TPSA) is 9.23 Å². The Morgan fingerprint density at radius 2 is 1.90 bits per heavy atom. The van der Waals surface area contributed by atoms with E-state index in [9.17, 15) is 0 Å². The van der Waals surface area contributed by atoms with Crippen LogP contribution in [0.5, 0.6) is 5.75 Å². The third kappa shape index (κ3) is 2.02. The average Bonchev–Trinajstić information content (AvgIpc) is 1.89. The van der Waals surface area contributed by atoms with E-state index in [0.717, 1.165) is 11.3 Å². The molecule has 0 radical (unpaired) electrons. The summed E-state index contributed by atoms with van der Waals surface area (Å²) in [5, 5.41) is 0. The second kappa shape index (κ2) is 4.33. The van der Waals surface area contributed by atoms with Crippen LogP contribution in [0, 0.1) is 6.92 Å². The predicted octanol–water partition coefficient (Wildman–Crippen LogP) is -1.12. The zero-order chi connectivity index (χ0) is 6.69. The minimum Gasteiger partial charge on any atom is -0.554 e. The van der Waals surface area contributed by atoms with Crippen LogP contribution in [0.1, 0.15) is 5.56 Å². The zero-order valence-electron chi connectivity index (χ0n) is 6.42. The molecule has 0 aromatic heterocycles. The summed E-state index contributed by atoms with van der Waals surface area (Å²) in [6.07, 6.45) is 0. The van der Waals surface area contributed by atoms with Crippen LogP contribution in [0.2, 0.25) is 0 Å². The molecular weight excluding hydrogens is 119 g/mol. The van der Waals surface area contributed by atoms with Crippen molar-refractivity contribution in [1.82, 2.24) is 0 Å². The first-order valence-corrected chi connectivity index (χ1v) is 2.79. The van der Waals surface area contributed by atoms with Crippen molar-refractivity contribution in [2.75, 3.05) is 7.11 Å². The molecule has 0 spiro atoms. The molecule has 0 bridgehead atoms. The van der Waals surface area contributed by atoms with Gasteiger partial charge in [0.15, 0.2) is 0 Å². The summed E-state index contributed by atoms with van der Waals surface area (Å²) in [6.45, 7) is 3.77. The monoisotopic (exact) mass is 128 g/mol. The van der Waals surface area contributed by atoms with Crippen LogP contribution in [0.15, 0.2) is 24.3 Å². The van der Waals surface area contributed by atoms with Crippen molar-refractivity contribution in [2.45, 2.75) is 0 Å². The van der Waals surface area contributed by atoms with E-state index in [4.69, 9.17) is 4.74 Å². The summed E-state index contributed by atoms with van der Waals surface area (Å²) >= 11 is 0. The van der Waals surface area contributed by atoms with Crippen LogP contribution in [0.4, 0.5) is 0 Å². The average molecular weight is 128 g/mol. The Kier molecular flexibility index (Phi) is 4.10. The maximum Gasteiger partial charge on any atom is 1.00 e. The van der Waals surface area contributed by atoms with E-state index >= 15 is 0 Å². The Morgan fingerprint density at radius 3 is 2.30 bits per heavy atom. The molecule has 2 heteroatoms. The van der Waals surface area contributed by atoms with E-state index in [-0.39, 0.29) is 18.9 Å². The maximum absolute atomic E-state index is 4.98. The fourth-order valence-corrected chi connectivity index (χ4v) is 0.703. The smallest absolute Gasteiger partial charge is 0.554 e. The largest absolute Gasteiger partial charge is 1.00 e. The second-order valence-corrected chi connectivity index (χ2v) is 1.81. The van der Waals surface area contributed by atoms with Gasteiger partial charge < -0.3 is 4.74 Å². The van der Waals surface area contributed by atoms with Gasteiger partial charge in [0.05, 0.1) is 7.11 Å². The third-order valence-corrected chi connectivity index (χ3v) is 1.19. The van der Waals surface area contributed by atoms with Crippen molar-refractivity contribution in [2.24, 2.45) is 0 Å². The Bertz CT molecular complexity index is 198. The fraction of sp³-hybridized carbons (Fsp3) is 0.125. The van der Waals surface area contributed by atoms with Gasteiger partial charge in [-0.2, -0.15) is 18.6 Å². The Hall–Kier alpha value is -0.513. The second-order valence-electron chi connectivity index (χ2n) is 1.81. The standard InChI is InChI=1S/C8H9O.Li/c1-7-5-3-4-6-8(7)9-2;/h3-6H,1H2,2H3;/q-1;+1. The van der Waals surface area contributed by atoms with Crippen molar-refractivity contribution in [3.8, 4) is 5.75 Å². The molecule has 0 atom stereocenters. The molecule has 0 fully saturated rings. The van der Waals surface area contributed by atoms with Gasteiger partial charge in [-0.25, -0.2) is 0 Å². The summed E-state index contributed by atoms with van der Waals surface area (Å²) in [4.78, 5) is 0. The minimum absolute atomic E-state index is 0. The number of benzene rings is 1. The molecule has 0 N–H and O–H groups in total. The number of hydrogen-bond donors (Lipinski definition) is 0. The first kappa shape index (κ1) is 9.49. The molecule has 0 amide bonds. The van der Waals surface area contributed by atoms with Crippen LogP contribution in [-0.4, -0.2) is 7.11 Å². The number of rotatable bonds is 1. The molecule has 0 aliphatic heterocycles. The van der Waals surface area contributed by atoms with E-state index in [1.807, 2.05) is 24.3 Å². The van der Waals surface area contributed by atoms with Crippen molar-refractivity contribution in [3.63, 3.8) is 0 Å². The Morgan fingerprint density at radius 1 is 1.30 bits per heavy atom. The molecule has 1 rings (SSSR count). The zero-order valence-corrected chi connectivity index (χ0v) is 6.42. The SMILES string of the molecule is [CH2-]c1ccccc1OC.[Li+]. The van der Waals surface area contributed by atoms with Gasteiger partial charge in [-0.1, -0.05) is 12.1 Å². The molecule has 0 saturated carbocycles. The molecule has 1 nitrogen and oxygen atoms in total. The predicted molar refractivity (Wildman–Crippen MR) is 37.5 cm³/mol. The molecule has 48 valence electrons. The molecule has 0 saturated heterocycles. The molecule has 0 aliphatic carbocycles. The van der Waals surface area contributed by atoms with Gasteiger partial charge in [-0.05, 0) is 0 Å². The number of para-hydroxylation sites is 1. The summed E-state index contributed by atoms with van der Waals surface area (Å²) < 4.78 is 4.98. The molecule has 0 unspecified atom stereocenters. The first-order chi connectivity index (χ1) is 4.34. The van der Waals surface area contributed by atoms with E-state index in [2.05, 4.69) is 6.92 Å². The molecular formula is C8H9LiO. The van der Waals surface area contributed by atoms with Gasteiger partial charge in [0, 0.05) is 5.75 Å². The van der Waals surface area contributed by atoms with Crippen LogP contribution in [0.3, 0.4) is 0 Å².